The minimum absolute atomic E-state index is 0.0440. The predicted molar refractivity (Wildman–Crippen MR) is 106 cm³/mol. The summed E-state index contributed by atoms with van der Waals surface area (Å²) in [6.07, 6.45) is 0. The average molecular weight is 387 g/mol. The quantitative estimate of drug-likeness (QED) is 0.854. The van der Waals surface area contributed by atoms with Crippen molar-refractivity contribution in [1.29, 1.82) is 0 Å². The Balaban J connectivity index is 2.06. The molecule has 2 aromatic rings. The van der Waals surface area contributed by atoms with E-state index < -0.39 is 0 Å². The van der Waals surface area contributed by atoms with Crippen LogP contribution >= 0.6 is 0 Å². The van der Waals surface area contributed by atoms with Crippen molar-refractivity contribution in [2.45, 2.75) is 6.04 Å². The van der Waals surface area contributed by atoms with Crippen LogP contribution in [0.1, 0.15) is 22.0 Å². The SMILES string of the molecule is COc1ccc(N2CCN(CO)C[C@H]2c2ccc(F)cc2)c(C(=O)N(C)C)c1. The molecule has 0 bridgehead atoms. The number of benzene rings is 2. The monoisotopic (exact) mass is 387 g/mol. The fourth-order valence-corrected chi connectivity index (χ4v) is 3.53. The number of ether oxygens (including phenoxy) is 1. The molecule has 0 radical (unpaired) electrons. The van der Waals surface area contributed by atoms with E-state index in [9.17, 15) is 14.3 Å². The van der Waals surface area contributed by atoms with E-state index in [0.717, 1.165) is 11.3 Å². The van der Waals surface area contributed by atoms with Crippen molar-refractivity contribution in [3.8, 4) is 5.75 Å². The topological polar surface area (TPSA) is 56.2 Å². The lowest BCUT2D eigenvalue weighted by atomic mass is 9.99. The molecule has 0 aliphatic carbocycles. The molecular weight excluding hydrogens is 361 g/mol. The zero-order chi connectivity index (χ0) is 20.3. The van der Waals surface area contributed by atoms with Crippen LogP contribution in [0.15, 0.2) is 42.5 Å². The molecule has 7 heteroatoms. The number of amides is 1. The van der Waals surface area contributed by atoms with Crippen LogP contribution in [0.5, 0.6) is 5.75 Å². The zero-order valence-electron chi connectivity index (χ0n) is 16.4. The molecule has 1 amide bonds. The number of piperazine rings is 1. The summed E-state index contributed by atoms with van der Waals surface area (Å²) in [6, 6.07) is 11.7. The van der Waals surface area contributed by atoms with Gasteiger partial charge in [-0.2, -0.15) is 0 Å². The van der Waals surface area contributed by atoms with Crippen LogP contribution in [-0.2, 0) is 0 Å². The van der Waals surface area contributed by atoms with Crippen LogP contribution in [0.2, 0.25) is 0 Å². The lowest BCUT2D eigenvalue weighted by Crippen LogP contribution is -2.49. The number of carbonyl (C=O) groups is 1. The molecule has 1 saturated heterocycles. The second kappa shape index (κ2) is 8.58. The smallest absolute Gasteiger partial charge is 0.255 e. The maximum absolute atomic E-state index is 13.4. The van der Waals surface area contributed by atoms with Gasteiger partial charge < -0.3 is 19.6 Å². The van der Waals surface area contributed by atoms with Gasteiger partial charge >= 0.3 is 0 Å². The molecule has 28 heavy (non-hydrogen) atoms. The summed E-state index contributed by atoms with van der Waals surface area (Å²) in [5.41, 5.74) is 2.28. The highest BCUT2D eigenvalue weighted by Gasteiger charge is 2.31. The molecule has 6 nitrogen and oxygen atoms in total. The second-order valence-corrected chi connectivity index (χ2v) is 7.06. The number of rotatable bonds is 5. The van der Waals surface area contributed by atoms with Crippen molar-refractivity contribution in [2.24, 2.45) is 0 Å². The number of anilines is 1. The molecule has 1 fully saturated rings. The van der Waals surface area contributed by atoms with Gasteiger partial charge in [0.05, 0.1) is 31.1 Å². The van der Waals surface area contributed by atoms with Crippen LogP contribution in [0, 0.1) is 5.82 Å². The van der Waals surface area contributed by atoms with E-state index >= 15 is 0 Å². The molecule has 3 rings (SSSR count). The molecule has 1 N–H and O–H groups in total. The minimum atomic E-state index is -0.293. The Hall–Kier alpha value is -2.64. The van der Waals surface area contributed by atoms with Crippen LogP contribution in [0.3, 0.4) is 0 Å². The maximum Gasteiger partial charge on any atom is 0.255 e. The third kappa shape index (κ3) is 4.10. The summed E-state index contributed by atoms with van der Waals surface area (Å²) in [4.78, 5) is 18.4. The summed E-state index contributed by atoms with van der Waals surface area (Å²) in [6.45, 7) is 1.82. The van der Waals surface area contributed by atoms with Crippen molar-refractivity contribution in [3.63, 3.8) is 0 Å². The highest BCUT2D eigenvalue weighted by atomic mass is 19.1. The number of aliphatic hydroxyl groups excluding tert-OH is 1. The highest BCUT2D eigenvalue weighted by Crippen LogP contribution is 2.35. The fraction of sp³-hybridized carbons (Fsp3) is 0.381. The third-order valence-electron chi connectivity index (χ3n) is 5.07. The number of nitrogens with zero attached hydrogens (tertiary/aromatic N) is 3. The van der Waals surface area contributed by atoms with Crippen molar-refractivity contribution < 1.29 is 19.0 Å². The van der Waals surface area contributed by atoms with Gasteiger partial charge in [0.1, 0.15) is 11.6 Å². The van der Waals surface area contributed by atoms with Crippen LogP contribution in [-0.4, -0.2) is 68.4 Å². The fourth-order valence-electron chi connectivity index (χ4n) is 3.53. The first-order valence-electron chi connectivity index (χ1n) is 9.19. The van der Waals surface area contributed by atoms with Gasteiger partial charge in [-0.05, 0) is 35.9 Å². The summed E-state index contributed by atoms with van der Waals surface area (Å²) in [5.74, 6) is 0.204. The van der Waals surface area contributed by atoms with Gasteiger partial charge in [0, 0.05) is 33.7 Å². The summed E-state index contributed by atoms with van der Waals surface area (Å²) in [7, 11) is 5.00. The third-order valence-corrected chi connectivity index (χ3v) is 5.07. The molecule has 1 atom stereocenters. The molecule has 1 aliphatic heterocycles. The van der Waals surface area contributed by atoms with Crippen LogP contribution in [0.25, 0.3) is 0 Å². The van der Waals surface area contributed by atoms with E-state index in [-0.39, 0.29) is 24.5 Å². The van der Waals surface area contributed by atoms with Gasteiger partial charge in [-0.15, -0.1) is 0 Å². The molecule has 2 aromatic carbocycles. The normalized spacial score (nSPS) is 17.5. The number of methoxy groups -OCH3 is 1. The largest absolute Gasteiger partial charge is 0.497 e. The maximum atomic E-state index is 13.4. The number of hydrogen-bond donors (Lipinski definition) is 1. The van der Waals surface area contributed by atoms with E-state index in [0.29, 0.717) is 30.9 Å². The lowest BCUT2D eigenvalue weighted by Gasteiger charge is -2.43. The predicted octanol–water partition coefficient (Wildman–Crippen LogP) is 2.35. The van der Waals surface area contributed by atoms with Gasteiger partial charge in [-0.25, -0.2) is 4.39 Å². The van der Waals surface area contributed by atoms with Gasteiger partial charge in [-0.3, -0.25) is 9.69 Å². The van der Waals surface area contributed by atoms with Gasteiger partial charge in [0.15, 0.2) is 0 Å². The Labute approximate surface area is 164 Å². The van der Waals surface area contributed by atoms with E-state index in [1.54, 1.807) is 39.4 Å². The van der Waals surface area contributed by atoms with Crippen LogP contribution < -0.4 is 9.64 Å². The summed E-state index contributed by atoms with van der Waals surface area (Å²) < 4.78 is 18.7. The Morgan fingerprint density at radius 2 is 1.93 bits per heavy atom. The number of halogens is 1. The minimum Gasteiger partial charge on any atom is -0.497 e. The molecule has 1 aliphatic rings. The Kier molecular flexibility index (Phi) is 6.16. The molecule has 1 heterocycles. The van der Waals surface area contributed by atoms with Gasteiger partial charge in [0.25, 0.3) is 5.91 Å². The van der Waals surface area contributed by atoms with E-state index in [2.05, 4.69) is 4.90 Å². The Morgan fingerprint density at radius 1 is 1.21 bits per heavy atom. The van der Waals surface area contributed by atoms with Crippen molar-refractivity contribution in [1.82, 2.24) is 9.80 Å². The lowest BCUT2D eigenvalue weighted by molar-refractivity contribution is 0.0820. The van der Waals surface area contributed by atoms with E-state index in [1.807, 2.05) is 17.0 Å². The number of hydrogen-bond acceptors (Lipinski definition) is 5. The van der Waals surface area contributed by atoms with E-state index in [4.69, 9.17) is 4.74 Å². The van der Waals surface area contributed by atoms with Gasteiger partial charge in [-0.1, -0.05) is 12.1 Å². The summed E-state index contributed by atoms with van der Waals surface area (Å²) >= 11 is 0. The molecule has 0 unspecified atom stereocenters. The van der Waals surface area contributed by atoms with Crippen molar-refractivity contribution in [2.75, 3.05) is 52.5 Å². The summed E-state index contributed by atoms with van der Waals surface area (Å²) in [5, 5.41) is 9.61. The second-order valence-electron chi connectivity index (χ2n) is 7.06. The van der Waals surface area contributed by atoms with Gasteiger partial charge in [0.2, 0.25) is 0 Å². The molecule has 0 aromatic heterocycles. The molecule has 150 valence electrons. The molecule has 0 spiro atoms. The Morgan fingerprint density at radius 3 is 2.54 bits per heavy atom. The number of aliphatic hydroxyl groups is 1. The van der Waals surface area contributed by atoms with E-state index in [1.165, 1.54) is 17.0 Å². The zero-order valence-corrected chi connectivity index (χ0v) is 16.4. The molecule has 0 saturated carbocycles. The average Bonchev–Trinajstić information content (AvgIpc) is 2.72. The standard InChI is InChI=1S/C21H26FN3O3/c1-23(2)21(27)18-12-17(28-3)8-9-19(18)25-11-10-24(14-26)13-20(25)15-4-6-16(22)7-5-15/h4-9,12,20,26H,10-11,13-14H2,1-3H3/t20-/m0/s1. The van der Waals surface area contributed by atoms with Crippen molar-refractivity contribution >= 4 is 11.6 Å². The van der Waals surface area contributed by atoms with Crippen molar-refractivity contribution in [3.05, 3.63) is 59.4 Å². The van der Waals surface area contributed by atoms with Crippen LogP contribution in [0.4, 0.5) is 10.1 Å². The highest BCUT2D eigenvalue weighted by molar-refractivity contribution is 6.00. The number of carbonyl (C=O) groups excluding carboxylic acids is 1. The first-order chi connectivity index (χ1) is 13.4. The Bertz CT molecular complexity index is 826. The first kappa shape index (κ1) is 20.1. The first-order valence-corrected chi connectivity index (χ1v) is 9.19. The molecular formula is C21H26FN3O3.